The van der Waals surface area contributed by atoms with Gasteiger partial charge in [-0.25, -0.2) is 0 Å². The van der Waals surface area contributed by atoms with Gasteiger partial charge in [0, 0.05) is 7.05 Å². The Bertz CT molecular complexity index is 270. The molecule has 1 aliphatic heterocycles. The van der Waals surface area contributed by atoms with Crippen LogP contribution in [0.1, 0.15) is 41.5 Å². The average Bonchev–Trinajstić information content (AvgIpc) is 2.22. The van der Waals surface area contributed by atoms with Crippen molar-refractivity contribution in [2.45, 2.75) is 47.6 Å². The fourth-order valence-corrected chi connectivity index (χ4v) is 2.51. The van der Waals surface area contributed by atoms with E-state index in [2.05, 4.69) is 46.6 Å². The van der Waals surface area contributed by atoms with E-state index < -0.39 is 0 Å². The standard InChI is InChI=1S/C12H23FN2/c1-11(2,3)8-9(12(4,5)6)15(7)14-10(8)13/h8-9H,1-7H3. The molecule has 0 aromatic rings. The number of hydrogen-bond acceptors (Lipinski definition) is 2. The molecule has 0 N–H and O–H groups in total. The van der Waals surface area contributed by atoms with Crippen molar-refractivity contribution in [1.82, 2.24) is 5.01 Å². The maximum Gasteiger partial charge on any atom is 0.213 e. The molecule has 2 atom stereocenters. The first-order valence-electron chi connectivity index (χ1n) is 5.52. The summed E-state index contributed by atoms with van der Waals surface area (Å²) in [7, 11) is 1.86. The van der Waals surface area contributed by atoms with Crippen LogP contribution >= 0.6 is 0 Å². The minimum absolute atomic E-state index is 0.0318. The molecule has 0 saturated carbocycles. The van der Waals surface area contributed by atoms with E-state index in [1.54, 1.807) is 5.01 Å². The van der Waals surface area contributed by atoms with Crippen LogP contribution in [0.5, 0.6) is 0 Å². The first-order valence-corrected chi connectivity index (χ1v) is 5.52. The lowest BCUT2D eigenvalue weighted by Gasteiger charge is -2.40. The molecule has 88 valence electrons. The Hall–Kier alpha value is -0.600. The number of hydrogen-bond donors (Lipinski definition) is 0. The molecule has 15 heavy (non-hydrogen) atoms. The fourth-order valence-electron chi connectivity index (χ4n) is 2.51. The van der Waals surface area contributed by atoms with Crippen molar-refractivity contribution in [3.8, 4) is 0 Å². The molecule has 0 spiro atoms. The van der Waals surface area contributed by atoms with Crippen LogP contribution in [0.3, 0.4) is 0 Å². The molecule has 0 aromatic carbocycles. The van der Waals surface area contributed by atoms with E-state index in [1.807, 2.05) is 7.05 Å². The summed E-state index contributed by atoms with van der Waals surface area (Å²) in [6.07, 6.45) is 0. The van der Waals surface area contributed by atoms with Gasteiger partial charge in [0.15, 0.2) is 0 Å². The highest BCUT2D eigenvalue weighted by atomic mass is 19.1. The first-order chi connectivity index (χ1) is 6.55. The van der Waals surface area contributed by atoms with Crippen molar-refractivity contribution in [3.63, 3.8) is 0 Å². The van der Waals surface area contributed by atoms with Crippen LogP contribution in [0.25, 0.3) is 0 Å². The van der Waals surface area contributed by atoms with Gasteiger partial charge in [-0.3, -0.25) is 5.01 Å². The third kappa shape index (κ3) is 2.32. The molecule has 0 radical (unpaired) electrons. The predicted octanol–water partition coefficient (Wildman–Crippen LogP) is 3.29. The van der Waals surface area contributed by atoms with Crippen molar-refractivity contribution in [3.05, 3.63) is 0 Å². The molecule has 1 heterocycles. The highest BCUT2D eigenvalue weighted by molar-refractivity contribution is 5.80. The minimum atomic E-state index is -0.218. The predicted molar refractivity (Wildman–Crippen MR) is 62.5 cm³/mol. The summed E-state index contributed by atoms with van der Waals surface area (Å²) in [6, 6.07) is 0.137. The zero-order valence-corrected chi connectivity index (χ0v) is 10.9. The second-order valence-electron chi connectivity index (χ2n) is 6.65. The van der Waals surface area contributed by atoms with Crippen molar-refractivity contribution in [2.24, 2.45) is 21.8 Å². The molecule has 0 fully saturated rings. The minimum Gasteiger partial charge on any atom is -0.293 e. The molecule has 1 rings (SSSR count). The van der Waals surface area contributed by atoms with Crippen LogP contribution in [0.2, 0.25) is 0 Å². The van der Waals surface area contributed by atoms with Crippen LogP contribution in [0.15, 0.2) is 5.10 Å². The lowest BCUT2D eigenvalue weighted by molar-refractivity contribution is 0.0767. The lowest BCUT2D eigenvalue weighted by atomic mass is 9.69. The fraction of sp³-hybridized carbons (Fsp3) is 0.917. The first kappa shape index (κ1) is 12.5. The summed E-state index contributed by atoms with van der Waals surface area (Å²) in [4.78, 5) is 0. The third-order valence-electron chi connectivity index (χ3n) is 3.05. The smallest absolute Gasteiger partial charge is 0.213 e. The van der Waals surface area contributed by atoms with Gasteiger partial charge in [0.2, 0.25) is 5.97 Å². The highest BCUT2D eigenvalue weighted by Crippen LogP contribution is 2.43. The maximum atomic E-state index is 13.8. The van der Waals surface area contributed by atoms with E-state index in [1.165, 1.54) is 0 Å². The van der Waals surface area contributed by atoms with E-state index in [0.29, 0.717) is 0 Å². The van der Waals surface area contributed by atoms with Gasteiger partial charge in [0.05, 0.1) is 12.0 Å². The van der Waals surface area contributed by atoms with E-state index in [4.69, 9.17) is 0 Å². The third-order valence-corrected chi connectivity index (χ3v) is 3.05. The molecule has 0 aromatic heterocycles. The van der Waals surface area contributed by atoms with Gasteiger partial charge >= 0.3 is 0 Å². The quantitative estimate of drug-likeness (QED) is 0.604. The topological polar surface area (TPSA) is 15.6 Å². The zero-order chi connectivity index (χ0) is 12.0. The van der Waals surface area contributed by atoms with Gasteiger partial charge in [-0.05, 0) is 10.8 Å². The molecule has 0 aliphatic carbocycles. The van der Waals surface area contributed by atoms with Crippen LogP contribution in [0, 0.1) is 16.7 Å². The van der Waals surface area contributed by atoms with Gasteiger partial charge in [-0.2, -0.15) is 9.49 Å². The van der Waals surface area contributed by atoms with E-state index >= 15 is 0 Å². The lowest BCUT2D eigenvalue weighted by Crippen LogP contribution is -2.46. The Morgan fingerprint density at radius 2 is 1.53 bits per heavy atom. The summed E-state index contributed by atoms with van der Waals surface area (Å²) in [5.74, 6) is -0.326. The highest BCUT2D eigenvalue weighted by Gasteiger charge is 2.48. The molecule has 0 amide bonds. The molecular formula is C12H23FN2. The number of halogens is 1. The normalized spacial score (nSPS) is 28.3. The average molecular weight is 214 g/mol. The largest absolute Gasteiger partial charge is 0.293 e. The molecule has 2 nitrogen and oxygen atoms in total. The summed E-state index contributed by atoms with van der Waals surface area (Å²) in [5.41, 5.74) is -0.0552. The molecule has 0 bridgehead atoms. The van der Waals surface area contributed by atoms with Crippen molar-refractivity contribution in [1.29, 1.82) is 0 Å². The Morgan fingerprint density at radius 1 is 1.07 bits per heavy atom. The monoisotopic (exact) mass is 214 g/mol. The molecule has 3 heteroatoms. The molecule has 2 unspecified atom stereocenters. The van der Waals surface area contributed by atoms with Crippen molar-refractivity contribution in [2.75, 3.05) is 7.05 Å². The van der Waals surface area contributed by atoms with E-state index in [9.17, 15) is 4.39 Å². The SMILES string of the molecule is CN1N=C(F)C(C(C)(C)C)C1C(C)(C)C. The van der Waals surface area contributed by atoms with Gasteiger partial charge in [-0.15, -0.1) is 0 Å². The zero-order valence-electron chi connectivity index (χ0n) is 10.9. The van der Waals surface area contributed by atoms with Gasteiger partial charge in [-0.1, -0.05) is 41.5 Å². The summed E-state index contributed by atoms with van der Waals surface area (Å²) >= 11 is 0. The van der Waals surface area contributed by atoms with Gasteiger partial charge in [0.25, 0.3) is 0 Å². The summed E-state index contributed by atoms with van der Waals surface area (Å²) in [6.45, 7) is 12.6. The number of nitrogens with zero attached hydrogens (tertiary/aromatic N) is 2. The number of rotatable bonds is 0. The Morgan fingerprint density at radius 3 is 1.80 bits per heavy atom. The van der Waals surface area contributed by atoms with Crippen LogP contribution in [0.4, 0.5) is 4.39 Å². The van der Waals surface area contributed by atoms with Crippen molar-refractivity contribution < 1.29 is 4.39 Å². The van der Waals surface area contributed by atoms with Crippen LogP contribution in [-0.2, 0) is 0 Å². The van der Waals surface area contributed by atoms with Crippen molar-refractivity contribution >= 4 is 5.97 Å². The second kappa shape index (κ2) is 3.46. The van der Waals surface area contributed by atoms with E-state index in [0.717, 1.165) is 0 Å². The van der Waals surface area contributed by atoms with Crippen LogP contribution in [-0.4, -0.2) is 24.1 Å². The molecule has 0 saturated heterocycles. The molecule has 1 aliphatic rings. The van der Waals surface area contributed by atoms with Crippen LogP contribution < -0.4 is 0 Å². The maximum absolute atomic E-state index is 13.8. The second-order valence-corrected chi connectivity index (χ2v) is 6.65. The van der Waals surface area contributed by atoms with Gasteiger partial charge < -0.3 is 0 Å². The van der Waals surface area contributed by atoms with E-state index in [-0.39, 0.29) is 28.8 Å². The Kier molecular flexibility index (Phi) is 2.88. The molecular weight excluding hydrogens is 191 g/mol. The van der Waals surface area contributed by atoms with Gasteiger partial charge in [0.1, 0.15) is 0 Å². The summed E-state index contributed by atoms with van der Waals surface area (Å²) < 4.78 is 13.8. The number of hydrazone groups is 1. The Balaban J connectivity index is 3.07. The Labute approximate surface area is 92.5 Å². The summed E-state index contributed by atoms with van der Waals surface area (Å²) in [5, 5.41) is 5.75.